The fourth-order valence-electron chi connectivity index (χ4n) is 0.265. The Balaban J connectivity index is -0.0000000600. The maximum absolute atomic E-state index is 5.02. The zero-order chi connectivity index (χ0) is 9.49. The minimum absolute atomic E-state index is 0. The van der Waals surface area contributed by atoms with Crippen LogP contribution in [0.15, 0.2) is 0 Å². The van der Waals surface area contributed by atoms with E-state index in [1.807, 2.05) is 0 Å². The molecule has 0 bridgehead atoms. The quantitative estimate of drug-likeness (QED) is 0.278. The van der Waals surface area contributed by atoms with E-state index in [9.17, 15) is 0 Å². The van der Waals surface area contributed by atoms with Gasteiger partial charge in [0.15, 0.2) is 0 Å². The molecule has 0 aromatic heterocycles. The van der Waals surface area contributed by atoms with Crippen molar-refractivity contribution in [2.75, 3.05) is 0 Å². The molecule has 0 radical (unpaired) electrons. The van der Waals surface area contributed by atoms with Gasteiger partial charge in [-0.05, 0) is 0 Å². The van der Waals surface area contributed by atoms with E-state index in [1.54, 1.807) is 0 Å². The van der Waals surface area contributed by atoms with Crippen molar-refractivity contribution >= 4 is 48.0 Å². The molecule has 0 N–H and O–H groups in total. The van der Waals surface area contributed by atoms with Gasteiger partial charge in [0.1, 0.15) is 0 Å². The van der Waals surface area contributed by atoms with Crippen molar-refractivity contribution in [2.45, 2.75) is 19.6 Å². The van der Waals surface area contributed by atoms with Gasteiger partial charge in [0.05, 0.1) is 0 Å². The summed E-state index contributed by atoms with van der Waals surface area (Å²) < 4.78 is 0. The molecule has 0 fully saturated rings. The molecule has 0 aliphatic heterocycles. The van der Waals surface area contributed by atoms with Crippen molar-refractivity contribution in [2.24, 2.45) is 0 Å². The van der Waals surface area contributed by atoms with E-state index in [-0.39, 0.29) is 40.0 Å². The summed E-state index contributed by atoms with van der Waals surface area (Å²) in [6, 6.07) is 0. The average Bonchev–Trinajstić information content (AvgIpc) is 1.58. The maximum Gasteiger partial charge on any atom is 2.00 e. The Bertz CT molecular complexity index is 149. The fourth-order valence-corrected chi connectivity index (χ4v) is 0.795. The van der Waals surface area contributed by atoms with Crippen LogP contribution in [0.25, 0.3) is 0 Å². The van der Waals surface area contributed by atoms with E-state index < -0.39 is 38.7 Å². The molecule has 73 valence electrons. The summed E-state index contributed by atoms with van der Waals surface area (Å²) in [6.07, 6.45) is 0. The van der Waals surface area contributed by atoms with Crippen LogP contribution in [0.1, 0.15) is 0 Å². The van der Waals surface area contributed by atoms with Gasteiger partial charge in [0.25, 0.3) is 0 Å². The number of hydrogen-bond donors (Lipinski definition) is 0. The second kappa shape index (κ2) is 15.1. The number of rotatable bonds is 0. The molecule has 0 atom stereocenters. The van der Waals surface area contributed by atoms with Crippen LogP contribution >= 0.6 is 16.9 Å². The Hall–Kier alpha value is 3.14. The summed E-state index contributed by atoms with van der Waals surface area (Å²) in [5, 5.41) is 0. The van der Waals surface area contributed by atoms with Crippen LogP contribution in [0, 0.1) is 49.1 Å². The third-order valence-electron chi connectivity index (χ3n) is 0.463. The third kappa shape index (κ3) is 51.3. The van der Waals surface area contributed by atoms with Gasteiger partial charge >= 0.3 is 70.6 Å². The largest absolute Gasteiger partial charge is 2.00 e. The molecule has 7 heteroatoms. The van der Waals surface area contributed by atoms with Crippen LogP contribution in [0.3, 0.4) is 0 Å². The van der Waals surface area contributed by atoms with E-state index in [1.165, 1.54) is 0 Å². The topological polar surface area (TPSA) is 0 Å². The second-order valence-corrected chi connectivity index (χ2v) is 21.3. The van der Waals surface area contributed by atoms with Gasteiger partial charge in [0.2, 0.25) is 0 Å². The zero-order valence-electron chi connectivity index (χ0n) is 7.93. The molecule has 0 aliphatic carbocycles. The Morgan fingerprint density at radius 2 is 1.38 bits per heavy atom. The first-order chi connectivity index (χ1) is 4.79. The molecule has 0 unspecified atom stereocenters. The van der Waals surface area contributed by atoms with Crippen molar-refractivity contribution in [3.8, 4) is 11.5 Å². The molecule has 0 aromatic rings. The van der Waals surface area contributed by atoms with Crippen LogP contribution in [-0.4, -0.2) is 31.1 Å². The summed E-state index contributed by atoms with van der Waals surface area (Å²) in [4.78, 5) is 0. The van der Waals surface area contributed by atoms with E-state index in [0.29, 0.717) is 0 Å². The average molecular weight is 462 g/mol. The zero-order valence-corrected chi connectivity index (χ0v) is 17.3. The fraction of sp³-hybridized carbons (Fsp3) is 0.500. The number of hydrogen-bond acceptors (Lipinski definition) is 0. The molecule has 0 spiro atoms. The molecular formula is C6H11BrCeCl3MgSi. The normalized spacial score (nSPS) is 7.23. The Kier molecular flexibility index (Phi) is 29.2. The standard InChI is InChI=1S/C6H11Si.BrH.Ce.3ClH.Mg/c1-5-6-7(2,3)4;;;;;;/h1H2,2-4H3;1H;;3*1H;/q-1;;+3;;;;+2/p-4. The Morgan fingerprint density at radius 1 is 1.15 bits per heavy atom. The molecule has 0 aliphatic rings. The van der Waals surface area contributed by atoms with Crippen molar-refractivity contribution in [1.29, 1.82) is 0 Å². The Morgan fingerprint density at radius 3 is 1.38 bits per heavy atom. The van der Waals surface area contributed by atoms with Gasteiger partial charge < -0.3 is 22.5 Å². The molecule has 0 nitrogen and oxygen atoms in total. The van der Waals surface area contributed by atoms with Crippen LogP contribution in [0.5, 0.6) is 0 Å². The monoisotopic (exact) mass is 459 g/mol. The maximum atomic E-state index is 5.02. The molecular weight excluding hydrogens is 451 g/mol. The van der Waals surface area contributed by atoms with Crippen LogP contribution in [-0.2, 0) is 0 Å². The first kappa shape index (κ1) is 25.1. The summed E-state index contributed by atoms with van der Waals surface area (Å²) in [5.41, 5.74) is 18.1. The van der Waals surface area contributed by atoms with E-state index in [2.05, 4.69) is 38.0 Å². The van der Waals surface area contributed by atoms with Gasteiger partial charge in [-0.1, -0.05) is 19.6 Å². The van der Waals surface area contributed by atoms with Crippen LogP contribution < -0.4 is 17.0 Å². The van der Waals surface area contributed by atoms with Gasteiger partial charge in [-0.15, -0.1) is 0 Å². The van der Waals surface area contributed by atoms with Crippen molar-refractivity contribution in [1.82, 2.24) is 0 Å². The first-order valence-corrected chi connectivity index (χ1v) is 18.2. The molecule has 13 heavy (non-hydrogen) atoms. The van der Waals surface area contributed by atoms with E-state index in [4.69, 9.17) is 16.9 Å². The van der Waals surface area contributed by atoms with Crippen LogP contribution in [0.4, 0.5) is 0 Å². The molecule has 0 saturated heterocycles. The summed E-state index contributed by atoms with van der Waals surface area (Å²) in [7, 11) is -1.08. The van der Waals surface area contributed by atoms with Gasteiger partial charge in [0, 0.05) is 8.07 Å². The van der Waals surface area contributed by atoms with Crippen molar-refractivity contribution < 1.29 is 47.6 Å². The Labute approximate surface area is 131 Å². The molecule has 0 rings (SSSR count). The smallest absolute Gasteiger partial charge is 2.00 e. The minimum atomic E-state index is -2.24. The minimum Gasteiger partial charge on any atom is 2.00 e. The summed E-state index contributed by atoms with van der Waals surface area (Å²) in [6.45, 7) is 10.0. The SMILES string of the molecule is [Br-].[CH2-]C#C[Si](C)(C)C.[Cl][Ce]([Cl])[Cl].[Mg+2]. The summed E-state index contributed by atoms with van der Waals surface area (Å²) in [5.74, 6) is 2.67. The van der Waals surface area contributed by atoms with Crippen LogP contribution in [0.2, 0.25) is 19.6 Å². The third-order valence-corrected chi connectivity index (χ3v) is 1.39. The van der Waals surface area contributed by atoms with E-state index in [0.717, 1.165) is 0 Å². The first-order valence-electron chi connectivity index (χ1n) is 2.92. The van der Waals surface area contributed by atoms with Gasteiger partial charge in [-0.25, -0.2) is 0 Å². The molecule has 0 aromatic carbocycles. The summed E-state index contributed by atoms with van der Waals surface area (Å²) >= 11 is -2.24. The molecule has 0 saturated carbocycles. The number of halogens is 4. The molecule has 0 heterocycles. The van der Waals surface area contributed by atoms with Gasteiger partial charge in [-0.3, -0.25) is 5.92 Å². The predicted octanol–water partition coefficient (Wildman–Crippen LogP) is 0.393. The van der Waals surface area contributed by atoms with Crippen molar-refractivity contribution in [3.05, 3.63) is 6.92 Å². The predicted molar refractivity (Wildman–Crippen MR) is 59.8 cm³/mol. The van der Waals surface area contributed by atoms with Crippen molar-refractivity contribution in [3.63, 3.8) is 0 Å². The van der Waals surface area contributed by atoms with Gasteiger partial charge in [-0.2, -0.15) is 6.92 Å². The van der Waals surface area contributed by atoms with E-state index >= 15 is 0 Å². The molecule has 0 amide bonds. The second-order valence-electron chi connectivity index (χ2n) is 2.77.